The Balaban J connectivity index is 1.48. The molecular weight excluding hydrogens is 342 g/mol. The normalized spacial score (nSPS) is 11.5. The van der Waals surface area contributed by atoms with Crippen LogP contribution in [-0.4, -0.2) is 30.1 Å². The molecule has 0 saturated carbocycles. The maximum absolute atomic E-state index is 5.15. The summed E-state index contributed by atoms with van der Waals surface area (Å²) in [5, 5.41) is 20.4. The minimum Gasteiger partial charge on any atom is -0.361 e. The summed E-state index contributed by atoms with van der Waals surface area (Å²) in [6.07, 6.45) is 1.76. The summed E-state index contributed by atoms with van der Waals surface area (Å²) in [6, 6.07) is 11.8. The number of fused-ring (bicyclic) bond motifs is 2. The van der Waals surface area contributed by atoms with E-state index in [-0.39, 0.29) is 0 Å². The summed E-state index contributed by atoms with van der Waals surface area (Å²) < 4.78 is 7.09. The molecule has 0 aliphatic heterocycles. The highest BCUT2D eigenvalue weighted by Gasteiger charge is 2.12. The Labute approximate surface area is 154 Å². The van der Waals surface area contributed by atoms with E-state index in [0.29, 0.717) is 12.4 Å². The van der Waals surface area contributed by atoms with E-state index in [1.807, 2.05) is 41.9 Å². The summed E-state index contributed by atoms with van der Waals surface area (Å²) in [4.78, 5) is 4.38. The zero-order chi connectivity index (χ0) is 18.4. The molecule has 0 atom stereocenters. The Bertz CT molecular complexity index is 1260. The first-order chi connectivity index (χ1) is 13.2. The van der Waals surface area contributed by atoms with Crippen molar-refractivity contribution in [1.82, 2.24) is 30.1 Å². The van der Waals surface area contributed by atoms with E-state index in [1.54, 1.807) is 6.20 Å². The van der Waals surface area contributed by atoms with E-state index in [4.69, 9.17) is 4.52 Å². The molecule has 0 aliphatic rings. The molecule has 0 spiro atoms. The highest BCUT2D eigenvalue weighted by Crippen LogP contribution is 2.26. The van der Waals surface area contributed by atoms with Crippen LogP contribution in [0.25, 0.3) is 21.9 Å². The van der Waals surface area contributed by atoms with Crippen LogP contribution in [0, 0.1) is 13.8 Å². The van der Waals surface area contributed by atoms with E-state index in [2.05, 4.69) is 43.7 Å². The van der Waals surface area contributed by atoms with Crippen LogP contribution in [-0.2, 0) is 6.54 Å². The predicted molar refractivity (Wildman–Crippen MR) is 102 cm³/mol. The molecule has 4 aromatic heterocycles. The van der Waals surface area contributed by atoms with Crippen LogP contribution in [0.2, 0.25) is 0 Å². The van der Waals surface area contributed by atoms with Gasteiger partial charge in [-0.3, -0.25) is 14.8 Å². The number of benzene rings is 1. The topological polar surface area (TPSA) is 97.5 Å². The van der Waals surface area contributed by atoms with Gasteiger partial charge in [-0.05, 0) is 44.2 Å². The quantitative estimate of drug-likeness (QED) is 0.508. The van der Waals surface area contributed by atoms with Crippen LogP contribution in [0.4, 0.5) is 11.5 Å². The number of nitrogens with one attached hydrogen (secondary N) is 2. The summed E-state index contributed by atoms with van der Waals surface area (Å²) >= 11 is 0. The van der Waals surface area contributed by atoms with Gasteiger partial charge in [-0.2, -0.15) is 10.2 Å². The number of anilines is 2. The molecule has 0 unspecified atom stereocenters. The van der Waals surface area contributed by atoms with Crippen molar-refractivity contribution in [3.05, 3.63) is 59.7 Å². The number of H-pyrrole nitrogens is 1. The molecule has 0 fully saturated rings. The van der Waals surface area contributed by atoms with Crippen molar-refractivity contribution in [1.29, 1.82) is 0 Å². The summed E-state index contributed by atoms with van der Waals surface area (Å²) in [5.74, 6) is 1.50. The molecule has 4 heterocycles. The zero-order valence-electron chi connectivity index (χ0n) is 14.9. The molecule has 0 radical (unpaired) electrons. The molecule has 5 aromatic rings. The number of aromatic nitrogens is 6. The highest BCUT2D eigenvalue weighted by atomic mass is 16.5. The lowest BCUT2D eigenvalue weighted by Gasteiger charge is -2.03. The van der Waals surface area contributed by atoms with Gasteiger partial charge in [0.05, 0.1) is 17.6 Å². The number of hydrogen-bond donors (Lipinski definition) is 2. The van der Waals surface area contributed by atoms with Gasteiger partial charge in [-0.25, -0.2) is 0 Å². The van der Waals surface area contributed by atoms with Gasteiger partial charge in [-0.1, -0.05) is 5.16 Å². The lowest BCUT2D eigenvalue weighted by Crippen LogP contribution is -2.03. The van der Waals surface area contributed by atoms with Gasteiger partial charge < -0.3 is 9.84 Å². The Kier molecular flexibility index (Phi) is 3.43. The van der Waals surface area contributed by atoms with Crippen molar-refractivity contribution < 1.29 is 4.52 Å². The molecule has 134 valence electrons. The second kappa shape index (κ2) is 5.94. The van der Waals surface area contributed by atoms with Crippen molar-refractivity contribution in [2.75, 3.05) is 5.32 Å². The van der Waals surface area contributed by atoms with Crippen molar-refractivity contribution in [2.24, 2.45) is 0 Å². The van der Waals surface area contributed by atoms with Crippen molar-refractivity contribution in [2.45, 2.75) is 20.4 Å². The fraction of sp³-hybridized carbons (Fsp3) is 0.158. The van der Waals surface area contributed by atoms with Crippen LogP contribution >= 0.6 is 0 Å². The van der Waals surface area contributed by atoms with Crippen LogP contribution in [0.15, 0.2) is 47.1 Å². The maximum Gasteiger partial charge on any atom is 0.178 e. The molecule has 8 nitrogen and oxygen atoms in total. The molecule has 0 amide bonds. The minimum atomic E-state index is 0.578. The smallest absolute Gasteiger partial charge is 0.178 e. The fourth-order valence-electron chi connectivity index (χ4n) is 3.21. The number of aromatic amines is 1. The van der Waals surface area contributed by atoms with Gasteiger partial charge in [0, 0.05) is 29.0 Å². The van der Waals surface area contributed by atoms with Crippen LogP contribution in [0.5, 0.6) is 0 Å². The molecule has 27 heavy (non-hydrogen) atoms. The average molecular weight is 359 g/mol. The lowest BCUT2D eigenvalue weighted by atomic mass is 10.2. The summed E-state index contributed by atoms with van der Waals surface area (Å²) in [5.41, 5.74) is 5.50. The van der Waals surface area contributed by atoms with Gasteiger partial charge in [-0.15, -0.1) is 0 Å². The van der Waals surface area contributed by atoms with E-state index >= 15 is 0 Å². The molecule has 0 saturated heterocycles. The predicted octanol–water partition coefficient (Wildman–Crippen LogP) is 3.70. The van der Waals surface area contributed by atoms with Crippen LogP contribution in [0.3, 0.4) is 0 Å². The van der Waals surface area contributed by atoms with Crippen LogP contribution in [0.1, 0.15) is 17.1 Å². The third-order valence-electron chi connectivity index (χ3n) is 4.57. The first kappa shape index (κ1) is 15.6. The number of hydrogen-bond acceptors (Lipinski definition) is 6. The molecule has 5 rings (SSSR count). The molecule has 2 N–H and O–H groups in total. The lowest BCUT2D eigenvalue weighted by molar-refractivity contribution is 0.387. The molecule has 1 aromatic carbocycles. The van der Waals surface area contributed by atoms with E-state index in [9.17, 15) is 0 Å². The summed E-state index contributed by atoms with van der Waals surface area (Å²) in [6.45, 7) is 4.51. The van der Waals surface area contributed by atoms with Crippen molar-refractivity contribution >= 4 is 33.4 Å². The maximum atomic E-state index is 5.15. The fourth-order valence-corrected chi connectivity index (χ4v) is 3.21. The largest absolute Gasteiger partial charge is 0.361 e. The average Bonchev–Trinajstić information content (AvgIpc) is 3.35. The number of pyridine rings is 1. The van der Waals surface area contributed by atoms with Crippen molar-refractivity contribution in [3.8, 4) is 0 Å². The Morgan fingerprint density at radius 1 is 1.19 bits per heavy atom. The SMILES string of the molecule is Cc1cc(Cn2nc3ccc(Nc4n[nH]c5cccnc45)cc3c2C)no1. The number of aryl methyl sites for hydroxylation is 2. The molecule has 8 heteroatoms. The van der Waals surface area contributed by atoms with Gasteiger partial charge in [0.15, 0.2) is 5.82 Å². The first-order valence-electron chi connectivity index (χ1n) is 8.63. The number of rotatable bonds is 4. The zero-order valence-corrected chi connectivity index (χ0v) is 14.9. The number of nitrogens with zero attached hydrogens (tertiary/aromatic N) is 5. The Morgan fingerprint density at radius 3 is 2.96 bits per heavy atom. The van der Waals surface area contributed by atoms with Gasteiger partial charge in [0.25, 0.3) is 0 Å². The van der Waals surface area contributed by atoms with Gasteiger partial charge in [0.2, 0.25) is 0 Å². The highest BCUT2D eigenvalue weighted by molar-refractivity contribution is 5.90. The second-order valence-corrected chi connectivity index (χ2v) is 6.50. The first-order valence-corrected chi connectivity index (χ1v) is 8.63. The monoisotopic (exact) mass is 359 g/mol. The summed E-state index contributed by atoms with van der Waals surface area (Å²) in [7, 11) is 0. The van der Waals surface area contributed by atoms with E-state index < -0.39 is 0 Å². The second-order valence-electron chi connectivity index (χ2n) is 6.50. The van der Waals surface area contributed by atoms with Gasteiger partial charge in [0.1, 0.15) is 17.0 Å². The van der Waals surface area contributed by atoms with E-state index in [1.165, 1.54) is 0 Å². The van der Waals surface area contributed by atoms with E-state index in [0.717, 1.165) is 44.8 Å². The molecule has 0 aliphatic carbocycles. The third-order valence-corrected chi connectivity index (χ3v) is 4.57. The minimum absolute atomic E-state index is 0.578. The molecule has 0 bridgehead atoms. The van der Waals surface area contributed by atoms with Crippen LogP contribution < -0.4 is 5.32 Å². The Morgan fingerprint density at radius 2 is 2.11 bits per heavy atom. The van der Waals surface area contributed by atoms with Gasteiger partial charge >= 0.3 is 0 Å². The Hall–Kier alpha value is -3.68. The third kappa shape index (κ3) is 2.71. The van der Waals surface area contributed by atoms with Crippen molar-refractivity contribution in [3.63, 3.8) is 0 Å². The molecular formula is C19H17N7O. The standard InChI is InChI=1S/C19H17N7O/c1-11-8-14(25-27-11)10-26-12(2)15-9-13(5-6-16(15)24-26)21-19-18-17(22-23-19)4-3-7-20-18/h3-9H,10H2,1-2H3,(H2,21,22,23).